The van der Waals surface area contributed by atoms with Crippen molar-refractivity contribution in [3.05, 3.63) is 24.0 Å². The Kier molecular flexibility index (Phi) is 4.12. The van der Waals surface area contributed by atoms with E-state index in [9.17, 15) is 10.0 Å². The molecule has 2 N–H and O–H groups in total. The summed E-state index contributed by atoms with van der Waals surface area (Å²) in [4.78, 5) is 19.2. The number of pyridine rings is 1. The zero-order valence-electron chi connectivity index (χ0n) is 14.0. The number of carbonyl (C=O) groups is 1. The van der Waals surface area contributed by atoms with Crippen LogP contribution in [0.5, 0.6) is 0 Å². The van der Waals surface area contributed by atoms with E-state index in [1.165, 1.54) is 9.63 Å². The Morgan fingerprint density at radius 3 is 2.60 bits per heavy atom. The van der Waals surface area contributed by atoms with Crippen LogP contribution in [-0.2, 0) is 4.74 Å². The molecule has 0 saturated carbocycles. The van der Waals surface area contributed by atoms with Gasteiger partial charge in [0.25, 0.3) is 0 Å². The van der Waals surface area contributed by atoms with Crippen LogP contribution in [0.15, 0.2) is 18.5 Å². The monoisotopic (exact) mass is 346 g/mol. The van der Waals surface area contributed by atoms with Crippen molar-refractivity contribution in [1.29, 1.82) is 0 Å². The molecule has 0 spiro atoms. The topological polar surface area (TPSA) is 91.1 Å². The van der Waals surface area contributed by atoms with Crippen molar-refractivity contribution >= 4 is 22.8 Å². The number of carboxylic acid groups (broad SMARTS) is 1. The number of ether oxygens (including phenoxy) is 1. The molecule has 0 bridgehead atoms. The van der Waals surface area contributed by atoms with Gasteiger partial charge in [0.05, 0.1) is 18.7 Å². The van der Waals surface area contributed by atoms with E-state index in [4.69, 9.17) is 9.84 Å². The number of amides is 1. The molecule has 2 aromatic heterocycles. The maximum Gasteiger partial charge on any atom is 0.407 e. The summed E-state index contributed by atoms with van der Waals surface area (Å²) in [5.74, 6) is 1.08. The summed E-state index contributed by atoms with van der Waals surface area (Å²) in [7, 11) is 0. The molecule has 134 valence electrons. The first-order chi connectivity index (χ1) is 12.1. The highest BCUT2D eigenvalue weighted by Crippen LogP contribution is 2.34. The summed E-state index contributed by atoms with van der Waals surface area (Å²) < 4.78 is 6.54. The molecule has 0 unspecified atom stereocenters. The third kappa shape index (κ3) is 2.97. The molecular formula is C17H22N4O4. The predicted octanol–water partition coefficient (Wildman–Crippen LogP) is 1.97. The number of piperidine rings is 1. The second kappa shape index (κ2) is 6.44. The molecule has 0 atom stereocenters. The zero-order valence-corrected chi connectivity index (χ0v) is 14.0. The largest absolute Gasteiger partial charge is 0.465 e. The van der Waals surface area contributed by atoms with Gasteiger partial charge in [0.15, 0.2) is 0 Å². The standard InChI is InChI=1S/C17H22N4O4/c22-17(23)20-3-1-12(2-4-20)14-11-21(24)15-9-16(18-10-13(14)15)19-5-7-25-8-6-19/h9-12,24H,1-8H2,(H,22,23). The van der Waals surface area contributed by atoms with Crippen LogP contribution in [0.1, 0.15) is 24.3 Å². The van der Waals surface area contributed by atoms with E-state index in [-0.39, 0.29) is 5.92 Å². The Labute approximate surface area is 145 Å². The molecule has 0 radical (unpaired) electrons. The first-order valence-electron chi connectivity index (χ1n) is 8.64. The normalized spacial score (nSPS) is 19.5. The number of likely N-dealkylation sites (tertiary alicyclic amines) is 1. The van der Waals surface area contributed by atoms with Gasteiger partial charge in [-0.2, -0.15) is 4.73 Å². The average Bonchev–Trinajstić information content (AvgIpc) is 2.99. The minimum absolute atomic E-state index is 0.238. The van der Waals surface area contributed by atoms with Gasteiger partial charge in [-0.25, -0.2) is 9.78 Å². The van der Waals surface area contributed by atoms with E-state index in [0.29, 0.717) is 26.3 Å². The first kappa shape index (κ1) is 16.0. The molecule has 0 aromatic carbocycles. The highest BCUT2D eigenvalue weighted by Gasteiger charge is 2.26. The van der Waals surface area contributed by atoms with Crippen molar-refractivity contribution in [1.82, 2.24) is 14.6 Å². The van der Waals surface area contributed by atoms with Crippen LogP contribution < -0.4 is 4.90 Å². The van der Waals surface area contributed by atoms with Gasteiger partial charge in [-0.05, 0) is 24.3 Å². The average molecular weight is 346 g/mol. The summed E-state index contributed by atoms with van der Waals surface area (Å²) in [6, 6.07) is 1.91. The summed E-state index contributed by atoms with van der Waals surface area (Å²) >= 11 is 0. The van der Waals surface area contributed by atoms with Crippen LogP contribution in [0.25, 0.3) is 10.9 Å². The lowest BCUT2D eigenvalue weighted by atomic mass is 9.90. The Hall–Kier alpha value is -2.48. The van der Waals surface area contributed by atoms with Crippen LogP contribution in [0, 0.1) is 0 Å². The van der Waals surface area contributed by atoms with Gasteiger partial charge in [0.2, 0.25) is 0 Å². The van der Waals surface area contributed by atoms with Crippen LogP contribution in [0.2, 0.25) is 0 Å². The summed E-state index contributed by atoms with van der Waals surface area (Å²) in [6.07, 6.45) is 4.23. The molecule has 25 heavy (non-hydrogen) atoms. The molecule has 1 amide bonds. The van der Waals surface area contributed by atoms with E-state index in [0.717, 1.165) is 48.2 Å². The lowest BCUT2D eigenvalue weighted by Gasteiger charge is -2.30. The van der Waals surface area contributed by atoms with Crippen molar-refractivity contribution in [2.45, 2.75) is 18.8 Å². The third-order valence-corrected chi connectivity index (χ3v) is 5.23. The maximum absolute atomic E-state index is 11.1. The molecule has 8 heteroatoms. The fraction of sp³-hybridized carbons (Fsp3) is 0.529. The molecule has 2 aromatic rings. The van der Waals surface area contributed by atoms with Crippen LogP contribution >= 0.6 is 0 Å². The van der Waals surface area contributed by atoms with Crippen molar-refractivity contribution in [2.75, 3.05) is 44.3 Å². The van der Waals surface area contributed by atoms with E-state index >= 15 is 0 Å². The molecule has 0 aliphatic carbocycles. The lowest BCUT2D eigenvalue weighted by molar-refractivity contribution is 0.122. The number of aromatic nitrogens is 2. The molecule has 2 aliphatic heterocycles. The van der Waals surface area contributed by atoms with Crippen LogP contribution in [0.3, 0.4) is 0 Å². The lowest BCUT2D eigenvalue weighted by Crippen LogP contribution is -2.36. The van der Waals surface area contributed by atoms with E-state index in [1.54, 1.807) is 6.20 Å². The van der Waals surface area contributed by atoms with Gasteiger partial charge in [-0.3, -0.25) is 0 Å². The van der Waals surface area contributed by atoms with E-state index < -0.39 is 6.09 Å². The van der Waals surface area contributed by atoms with Crippen LogP contribution in [-0.4, -0.2) is 70.4 Å². The van der Waals surface area contributed by atoms with Crippen molar-refractivity contribution in [2.24, 2.45) is 0 Å². The quantitative estimate of drug-likeness (QED) is 0.808. The third-order valence-electron chi connectivity index (χ3n) is 5.23. The van der Waals surface area contributed by atoms with E-state index in [2.05, 4.69) is 9.88 Å². The van der Waals surface area contributed by atoms with Crippen molar-refractivity contribution in [3.63, 3.8) is 0 Å². The summed E-state index contributed by atoms with van der Waals surface area (Å²) in [5, 5.41) is 20.3. The minimum Gasteiger partial charge on any atom is -0.465 e. The molecule has 2 saturated heterocycles. The maximum atomic E-state index is 11.1. The number of rotatable bonds is 2. The van der Waals surface area contributed by atoms with Crippen molar-refractivity contribution in [3.8, 4) is 0 Å². The number of anilines is 1. The van der Waals surface area contributed by atoms with Crippen LogP contribution in [0.4, 0.5) is 10.6 Å². The van der Waals surface area contributed by atoms with Gasteiger partial charge >= 0.3 is 6.09 Å². The summed E-state index contributed by atoms with van der Waals surface area (Å²) in [6.45, 7) is 4.02. The highest BCUT2D eigenvalue weighted by atomic mass is 16.5. The van der Waals surface area contributed by atoms with Gasteiger partial charge < -0.3 is 24.9 Å². The second-order valence-electron chi connectivity index (χ2n) is 6.63. The number of hydrogen-bond acceptors (Lipinski definition) is 5. The Morgan fingerprint density at radius 1 is 1.20 bits per heavy atom. The zero-order chi connectivity index (χ0) is 17.4. The molecule has 2 aliphatic rings. The fourth-order valence-corrected chi connectivity index (χ4v) is 3.79. The van der Waals surface area contributed by atoms with Gasteiger partial charge in [-0.15, -0.1) is 0 Å². The number of hydrogen-bond donors (Lipinski definition) is 2. The highest BCUT2D eigenvalue weighted by molar-refractivity contribution is 5.85. The second-order valence-corrected chi connectivity index (χ2v) is 6.63. The number of fused-ring (bicyclic) bond motifs is 1. The van der Waals surface area contributed by atoms with Gasteiger partial charge in [0.1, 0.15) is 5.82 Å². The first-order valence-corrected chi connectivity index (χ1v) is 8.64. The molecule has 2 fully saturated rings. The predicted molar refractivity (Wildman–Crippen MR) is 91.5 cm³/mol. The summed E-state index contributed by atoms with van der Waals surface area (Å²) in [5.41, 5.74) is 1.79. The number of nitrogens with zero attached hydrogens (tertiary/aromatic N) is 4. The Balaban J connectivity index is 1.60. The molecule has 8 nitrogen and oxygen atoms in total. The molecule has 4 heterocycles. The molecular weight excluding hydrogens is 324 g/mol. The van der Waals surface area contributed by atoms with Gasteiger partial charge in [-0.1, -0.05) is 0 Å². The van der Waals surface area contributed by atoms with Crippen molar-refractivity contribution < 1.29 is 19.8 Å². The fourth-order valence-electron chi connectivity index (χ4n) is 3.79. The smallest absolute Gasteiger partial charge is 0.407 e. The Morgan fingerprint density at radius 2 is 1.92 bits per heavy atom. The number of morpholine rings is 1. The minimum atomic E-state index is -0.861. The molecule has 4 rings (SSSR count). The van der Waals surface area contributed by atoms with E-state index in [1.807, 2.05) is 12.3 Å². The van der Waals surface area contributed by atoms with Gasteiger partial charge in [0, 0.05) is 50.0 Å². The Bertz CT molecular complexity index is 776. The SMILES string of the molecule is O=C(O)N1CCC(c2cn(O)c3cc(N4CCOCC4)ncc23)CC1.